The van der Waals surface area contributed by atoms with Crippen molar-refractivity contribution in [3.8, 4) is 23.0 Å². The van der Waals surface area contributed by atoms with Crippen molar-refractivity contribution in [2.24, 2.45) is 0 Å². The number of benzene rings is 1. The Balaban J connectivity index is 1.12. The number of furan rings is 1. The Morgan fingerprint density at radius 3 is 2.15 bits per heavy atom. The number of hydrogen-bond donors (Lipinski definition) is 0. The van der Waals surface area contributed by atoms with Crippen LogP contribution < -0.4 is 4.74 Å². The van der Waals surface area contributed by atoms with Crippen molar-refractivity contribution >= 4 is 23.6 Å². The zero-order valence-electron chi connectivity index (χ0n) is 28.8. The van der Waals surface area contributed by atoms with Gasteiger partial charge in [-0.05, 0) is 62.6 Å². The summed E-state index contributed by atoms with van der Waals surface area (Å²) in [6.45, 7) is 6.22. The van der Waals surface area contributed by atoms with Crippen molar-refractivity contribution in [2.75, 3.05) is 32.5 Å². The largest absolute Gasteiger partial charge is 0.497 e. The third-order valence-electron chi connectivity index (χ3n) is 9.02. The van der Waals surface area contributed by atoms with E-state index in [1.54, 1.807) is 25.1 Å². The molecule has 10 heteroatoms. The molecule has 1 atom stereocenters. The van der Waals surface area contributed by atoms with Crippen LogP contribution in [0.4, 0.5) is 0 Å². The van der Waals surface area contributed by atoms with Crippen molar-refractivity contribution in [3.05, 3.63) is 42.7 Å². The Morgan fingerprint density at radius 1 is 0.851 bits per heavy atom. The van der Waals surface area contributed by atoms with E-state index in [2.05, 4.69) is 24.0 Å². The summed E-state index contributed by atoms with van der Waals surface area (Å²) in [6.07, 6.45) is 18.6. The summed E-state index contributed by atoms with van der Waals surface area (Å²) in [5, 5.41) is 9.64. The molecule has 4 rings (SSSR count). The van der Waals surface area contributed by atoms with E-state index < -0.39 is 0 Å². The minimum atomic E-state index is 0.0659. The zero-order chi connectivity index (χ0) is 33.3. The maximum atomic E-state index is 13.0. The molecule has 2 aromatic heterocycles. The topological polar surface area (TPSA) is 93.7 Å². The Morgan fingerprint density at radius 2 is 1.51 bits per heavy atom. The average Bonchev–Trinajstić information content (AvgIpc) is 3.77. The third kappa shape index (κ3) is 11.4. The first-order chi connectivity index (χ1) is 23.0. The highest BCUT2D eigenvalue weighted by molar-refractivity contribution is 7.99. The van der Waals surface area contributed by atoms with E-state index in [9.17, 15) is 9.59 Å². The monoisotopic (exact) mass is 665 g/mol. The second-order valence-electron chi connectivity index (χ2n) is 12.7. The quantitative estimate of drug-likeness (QED) is 0.0831. The van der Waals surface area contributed by atoms with Gasteiger partial charge in [-0.15, -0.1) is 10.2 Å². The van der Waals surface area contributed by atoms with Crippen LogP contribution in [0.2, 0.25) is 0 Å². The van der Waals surface area contributed by atoms with Gasteiger partial charge < -0.3 is 19.0 Å². The number of rotatable bonds is 21. The van der Waals surface area contributed by atoms with Crippen molar-refractivity contribution in [1.82, 2.24) is 24.6 Å². The zero-order valence-corrected chi connectivity index (χ0v) is 29.6. The van der Waals surface area contributed by atoms with Crippen LogP contribution in [0.25, 0.3) is 17.3 Å². The fourth-order valence-corrected chi connectivity index (χ4v) is 7.18. The van der Waals surface area contributed by atoms with E-state index >= 15 is 0 Å². The second-order valence-corrected chi connectivity index (χ2v) is 13.7. The predicted octanol–water partition coefficient (Wildman–Crippen LogP) is 8.56. The number of hydrogen-bond acceptors (Lipinski definition) is 7. The summed E-state index contributed by atoms with van der Waals surface area (Å²) < 4.78 is 12.9. The second kappa shape index (κ2) is 20.2. The first kappa shape index (κ1) is 36.6. The summed E-state index contributed by atoms with van der Waals surface area (Å²) in [5.41, 5.74) is 0.922. The van der Waals surface area contributed by atoms with E-state index in [0.29, 0.717) is 44.1 Å². The lowest BCUT2D eigenvalue weighted by molar-refractivity contribution is -0.142. The van der Waals surface area contributed by atoms with Crippen molar-refractivity contribution in [1.29, 1.82) is 0 Å². The van der Waals surface area contributed by atoms with Gasteiger partial charge in [0.05, 0.1) is 19.1 Å². The summed E-state index contributed by atoms with van der Waals surface area (Å²) in [5.74, 6) is 3.31. The molecule has 0 radical (unpaired) electrons. The van der Waals surface area contributed by atoms with E-state index in [1.165, 1.54) is 57.8 Å². The molecule has 0 bridgehead atoms. The number of amides is 2. The summed E-state index contributed by atoms with van der Waals surface area (Å²) in [4.78, 5) is 29.9. The molecule has 9 nitrogen and oxygen atoms in total. The van der Waals surface area contributed by atoms with Crippen LogP contribution in [0, 0.1) is 0 Å². The molecule has 1 saturated heterocycles. The van der Waals surface area contributed by atoms with Gasteiger partial charge >= 0.3 is 0 Å². The number of aromatic nitrogens is 3. The number of ether oxygens (including phenoxy) is 1. The number of nitrogens with zero attached hydrogens (tertiary/aromatic N) is 5. The molecule has 2 amide bonds. The fourth-order valence-electron chi connectivity index (χ4n) is 6.23. The highest BCUT2D eigenvalue weighted by Gasteiger charge is 2.29. The van der Waals surface area contributed by atoms with Crippen LogP contribution >= 0.6 is 11.8 Å². The molecule has 3 heterocycles. The molecular weight excluding hydrogens is 611 g/mol. The molecule has 1 aliphatic rings. The summed E-state index contributed by atoms with van der Waals surface area (Å²) >= 11 is 1.62. The van der Waals surface area contributed by atoms with Crippen molar-refractivity contribution in [2.45, 2.75) is 121 Å². The molecule has 0 saturated carbocycles. The van der Waals surface area contributed by atoms with Gasteiger partial charge in [0.15, 0.2) is 10.9 Å². The Bertz CT molecular complexity index is 1330. The van der Waals surface area contributed by atoms with Gasteiger partial charge in [-0.3, -0.25) is 14.2 Å². The van der Waals surface area contributed by atoms with E-state index in [4.69, 9.17) is 9.15 Å². The van der Waals surface area contributed by atoms with Gasteiger partial charge in [-0.1, -0.05) is 82.9 Å². The first-order valence-corrected chi connectivity index (χ1v) is 18.8. The molecule has 0 spiro atoms. The smallest absolute Gasteiger partial charge is 0.222 e. The highest BCUT2D eigenvalue weighted by atomic mass is 32.2. The lowest BCUT2D eigenvalue weighted by Crippen LogP contribution is -2.55. The van der Waals surface area contributed by atoms with Crippen LogP contribution in [-0.4, -0.2) is 74.9 Å². The third-order valence-corrected chi connectivity index (χ3v) is 10.0. The Kier molecular flexibility index (Phi) is 15.7. The Labute approximate surface area is 285 Å². The van der Waals surface area contributed by atoms with Crippen LogP contribution in [-0.2, 0) is 9.59 Å². The lowest BCUT2D eigenvalue weighted by Gasteiger charge is -2.40. The molecular formula is C37H55N5O4S. The fraction of sp³-hybridized carbons (Fsp3) is 0.622. The number of unbranched alkanes of at least 4 members (excludes halogenated alkanes) is 11. The molecule has 1 aliphatic heterocycles. The summed E-state index contributed by atoms with van der Waals surface area (Å²) in [6, 6.07) is 11.6. The van der Waals surface area contributed by atoms with Gasteiger partial charge in [0.2, 0.25) is 17.6 Å². The molecule has 1 fully saturated rings. The van der Waals surface area contributed by atoms with Gasteiger partial charge in [0.25, 0.3) is 0 Å². The SMILES string of the molecule is CCCCCCCCCCCCCC(=O)N1CCN(C(=O)CCCCSc2nnc(-c3ccco3)n2-c2ccc(OC)cc2)CC1C. The number of methoxy groups -OCH3 is 1. The molecule has 0 N–H and O–H groups in total. The van der Waals surface area contributed by atoms with E-state index in [-0.39, 0.29) is 17.9 Å². The van der Waals surface area contributed by atoms with Crippen molar-refractivity contribution in [3.63, 3.8) is 0 Å². The normalized spacial score (nSPS) is 14.9. The number of carbonyl (C=O) groups is 2. The molecule has 1 unspecified atom stereocenters. The summed E-state index contributed by atoms with van der Waals surface area (Å²) in [7, 11) is 1.65. The van der Waals surface area contributed by atoms with Gasteiger partial charge in [0, 0.05) is 44.3 Å². The van der Waals surface area contributed by atoms with E-state index in [1.807, 2.05) is 50.8 Å². The Hall–Kier alpha value is -3.27. The molecule has 258 valence electrons. The van der Waals surface area contributed by atoms with Crippen molar-refractivity contribution < 1.29 is 18.7 Å². The van der Waals surface area contributed by atoms with Gasteiger partial charge in [0.1, 0.15) is 5.75 Å². The van der Waals surface area contributed by atoms with Crippen LogP contribution in [0.5, 0.6) is 5.75 Å². The molecule has 47 heavy (non-hydrogen) atoms. The molecule has 3 aromatic rings. The van der Waals surface area contributed by atoms with Gasteiger partial charge in [-0.2, -0.15) is 0 Å². The van der Waals surface area contributed by atoms with Crippen LogP contribution in [0.1, 0.15) is 110 Å². The minimum absolute atomic E-state index is 0.0659. The maximum Gasteiger partial charge on any atom is 0.222 e. The lowest BCUT2D eigenvalue weighted by atomic mass is 10.0. The van der Waals surface area contributed by atoms with E-state index in [0.717, 1.165) is 48.0 Å². The van der Waals surface area contributed by atoms with Gasteiger partial charge in [-0.25, -0.2) is 0 Å². The standard InChI is InChI=1S/C37H55N5O4S/c1-4-5-6-7-8-9-10-11-12-13-14-20-35(44)41-26-25-40(29-30(41)2)34(43)19-15-16-28-47-37-39-38-36(33-18-17-27-46-33)42(37)31-21-23-32(45-3)24-22-31/h17-18,21-24,27,30H,4-16,19-20,25-26,28-29H2,1-3H3. The minimum Gasteiger partial charge on any atom is -0.497 e. The van der Waals surface area contributed by atoms with Crippen LogP contribution in [0.15, 0.2) is 52.2 Å². The average molecular weight is 666 g/mol. The molecule has 0 aliphatic carbocycles. The number of thioether (sulfide) groups is 1. The molecule has 1 aromatic carbocycles. The van der Waals surface area contributed by atoms with Crippen LogP contribution in [0.3, 0.4) is 0 Å². The highest BCUT2D eigenvalue weighted by Crippen LogP contribution is 2.30. The maximum absolute atomic E-state index is 13.0. The number of piperazine rings is 1. The first-order valence-electron chi connectivity index (χ1n) is 17.9. The predicted molar refractivity (Wildman–Crippen MR) is 189 cm³/mol. The number of carbonyl (C=O) groups excluding carboxylic acids is 2.